The molecule has 164 valence electrons. The molecule has 1 atom stereocenters. The van der Waals surface area contributed by atoms with Gasteiger partial charge in [-0.2, -0.15) is 4.31 Å². The molecule has 0 N–H and O–H groups in total. The van der Waals surface area contributed by atoms with E-state index in [1.165, 1.54) is 9.21 Å². The number of carbonyl (C=O) groups excluding carboxylic acids is 2. The summed E-state index contributed by atoms with van der Waals surface area (Å²) in [6.07, 6.45) is 0.0885. The minimum Gasteiger partial charge on any atom is -0.289 e. The number of nitrogens with zero attached hydrogens (tertiary/aromatic N) is 3. The maximum absolute atomic E-state index is 13.1. The number of carbonyl (C=O) groups is 2. The first-order valence-electron chi connectivity index (χ1n) is 10.1. The molecular formula is C22H24ClN3O4S. The molecule has 2 aliphatic rings. The van der Waals surface area contributed by atoms with Crippen molar-refractivity contribution in [2.45, 2.75) is 31.2 Å². The van der Waals surface area contributed by atoms with Crippen LogP contribution >= 0.6 is 11.6 Å². The van der Waals surface area contributed by atoms with Gasteiger partial charge in [-0.15, -0.1) is 0 Å². The summed E-state index contributed by atoms with van der Waals surface area (Å²) in [6.45, 7) is 4.98. The molecular weight excluding hydrogens is 438 g/mol. The highest BCUT2D eigenvalue weighted by Crippen LogP contribution is 2.28. The average molecular weight is 462 g/mol. The molecule has 0 bridgehead atoms. The van der Waals surface area contributed by atoms with Crippen LogP contribution in [0.25, 0.3) is 0 Å². The average Bonchev–Trinajstić information content (AvgIpc) is 3.04. The molecule has 1 unspecified atom stereocenters. The van der Waals surface area contributed by atoms with E-state index in [0.29, 0.717) is 34.3 Å². The largest absolute Gasteiger partial charge is 0.289 e. The van der Waals surface area contributed by atoms with Crippen LogP contribution in [0.15, 0.2) is 47.4 Å². The summed E-state index contributed by atoms with van der Waals surface area (Å²) in [7, 11) is -3.61. The second-order valence-corrected chi connectivity index (χ2v) is 10.3. The fourth-order valence-electron chi connectivity index (χ4n) is 4.14. The van der Waals surface area contributed by atoms with E-state index in [9.17, 15) is 18.0 Å². The fourth-order valence-corrected chi connectivity index (χ4v) is 6.00. The van der Waals surface area contributed by atoms with Crippen molar-refractivity contribution >= 4 is 39.1 Å². The van der Waals surface area contributed by atoms with Gasteiger partial charge in [-0.25, -0.2) is 13.3 Å². The van der Waals surface area contributed by atoms with E-state index in [1.54, 1.807) is 37.3 Å². The summed E-state index contributed by atoms with van der Waals surface area (Å²) in [5.41, 5.74) is 2.10. The third-order valence-corrected chi connectivity index (χ3v) is 8.18. The number of anilines is 1. The van der Waals surface area contributed by atoms with Gasteiger partial charge in [0.25, 0.3) is 5.91 Å². The zero-order valence-electron chi connectivity index (χ0n) is 17.4. The quantitative estimate of drug-likeness (QED) is 0.654. The van der Waals surface area contributed by atoms with Crippen LogP contribution in [-0.4, -0.2) is 61.7 Å². The van der Waals surface area contributed by atoms with Gasteiger partial charge in [0.15, 0.2) is 0 Å². The Labute approximate surface area is 187 Å². The van der Waals surface area contributed by atoms with Crippen molar-refractivity contribution in [1.29, 1.82) is 0 Å². The second kappa shape index (κ2) is 8.35. The lowest BCUT2D eigenvalue weighted by Crippen LogP contribution is -2.53. The smallest absolute Gasteiger partial charge is 0.251 e. The summed E-state index contributed by atoms with van der Waals surface area (Å²) < 4.78 is 27.7. The fraction of sp³-hybridized carbons (Fsp3) is 0.364. The number of hydrogen-bond acceptors (Lipinski definition) is 5. The van der Waals surface area contributed by atoms with E-state index in [0.717, 1.165) is 5.56 Å². The van der Waals surface area contributed by atoms with Gasteiger partial charge in [0.2, 0.25) is 15.9 Å². The number of sulfonamides is 1. The molecule has 0 aromatic heterocycles. The highest BCUT2D eigenvalue weighted by atomic mass is 35.5. The minimum atomic E-state index is -3.61. The molecule has 2 fully saturated rings. The van der Waals surface area contributed by atoms with Crippen LogP contribution in [0.4, 0.5) is 5.69 Å². The number of piperazine rings is 1. The Bertz CT molecular complexity index is 1130. The maximum Gasteiger partial charge on any atom is 0.251 e. The maximum atomic E-state index is 13.1. The third kappa shape index (κ3) is 4.13. The van der Waals surface area contributed by atoms with Gasteiger partial charge < -0.3 is 0 Å². The first-order chi connectivity index (χ1) is 14.7. The molecule has 0 radical (unpaired) electrons. The second-order valence-electron chi connectivity index (χ2n) is 7.97. The van der Waals surface area contributed by atoms with Gasteiger partial charge in [0, 0.05) is 31.2 Å². The first kappa shape index (κ1) is 22.0. The SMILES string of the molecule is Cc1ccc(C)c(S(=O)(=O)N2CCN(C3CC(=O)N(c4ccc(Cl)cc4)C3=O)CC2)c1. The lowest BCUT2D eigenvalue weighted by atomic mass is 10.2. The molecule has 0 spiro atoms. The lowest BCUT2D eigenvalue weighted by Gasteiger charge is -2.36. The number of imide groups is 1. The van der Waals surface area contributed by atoms with Gasteiger partial charge in [-0.05, 0) is 55.3 Å². The summed E-state index contributed by atoms with van der Waals surface area (Å²) in [5.74, 6) is -0.541. The van der Waals surface area contributed by atoms with Gasteiger partial charge in [-0.3, -0.25) is 14.5 Å². The monoisotopic (exact) mass is 461 g/mol. The van der Waals surface area contributed by atoms with Gasteiger partial charge in [0.05, 0.1) is 23.0 Å². The molecule has 0 aliphatic carbocycles. The van der Waals surface area contributed by atoms with Crippen LogP contribution in [0.1, 0.15) is 17.5 Å². The lowest BCUT2D eigenvalue weighted by molar-refractivity contribution is -0.123. The molecule has 7 nitrogen and oxygen atoms in total. The number of aryl methyl sites for hydroxylation is 2. The molecule has 2 aliphatic heterocycles. The Hall–Kier alpha value is -2.26. The molecule has 2 aromatic carbocycles. The third-order valence-electron chi connectivity index (χ3n) is 5.88. The highest BCUT2D eigenvalue weighted by molar-refractivity contribution is 7.89. The zero-order valence-corrected chi connectivity index (χ0v) is 19.0. The number of hydrogen-bond donors (Lipinski definition) is 0. The van der Waals surface area contributed by atoms with E-state index in [-0.39, 0.29) is 31.3 Å². The molecule has 2 aromatic rings. The van der Waals surface area contributed by atoms with Crippen LogP contribution in [0.5, 0.6) is 0 Å². The predicted octanol–water partition coefficient (Wildman–Crippen LogP) is 2.60. The van der Waals surface area contributed by atoms with Crippen molar-refractivity contribution in [3.05, 3.63) is 58.6 Å². The summed E-state index contributed by atoms with van der Waals surface area (Å²) >= 11 is 5.90. The van der Waals surface area contributed by atoms with Crippen molar-refractivity contribution in [2.24, 2.45) is 0 Å². The number of amides is 2. The number of benzene rings is 2. The van der Waals surface area contributed by atoms with Gasteiger partial charge in [-0.1, -0.05) is 23.7 Å². The van der Waals surface area contributed by atoms with Crippen molar-refractivity contribution in [1.82, 2.24) is 9.21 Å². The van der Waals surface area contributed by atoms with E-state index in [1.807, 2.05) is 24.0 Å². The van der Waals surface area contributed by atoms with Crippen LogP contribution in [-0.2, 0) is 19.6 Å². The van der Waals surface area contributed by atoms with Crippen molar-refractivity contribution in [2.75, 3.05) is 31.1 Å². The number of rotatable bonds is 4. The normalized spacial score (nSPS) is 21.1. The van der Waals surface area contributed by atoms with Crippen LogP contribution in [0.2, 0.25) is 5.02 Å². The van der Waals surface area contributed by atoms with E-state index in [4.69, 9.17) is 11.6 Å². The molecule has 0 saturated carbocycles. The molecule has 9 heteroatoms. The van der Waals surface area contributed by atoms with Crippen molar-refractivity contribution < 1.29 is 18.0 Å². The van der Waals surface area contributed by atoms with E-state index in [2.05, 4.69) is 0 Å². The van der Waals surface area contributed by atoms with Gasteiger partial charge in [0.1, 0.15) is 0 Å². The summed E-state index contributed by atoms with van der Waals surface area (Å²) in [5, 5.41) is 0.528. The van der Waals surface area contributed by atoms with Crippen LogP contribution in [0, 0.1) is 13.8 Å². The first-order valence-corrected chi connectivity index (χ1v) is 11.9. The Balaban J connectivity index is 1.46. The van der Waals surface area contributed by atoms with E-state index < -0.39 is 16.1 Å². The summed E-state index contributed by atoms with van der Waals surface area (Å²) in [4.78, 5) is 28.9. The molecule has 2 saturated heterocycles. The predicted molar refractivity (Wildman–Crippen MR) is 119 cm³/mol. The molecule has 31 heavy (non-hydrogen) atoms. The Morgan fingerprint density at radius 1 is 0.935 bits per heavy atom. The van der Waals surface area contributed by atoms with E-state index >= 15 is 0 Å². The molecule has 2 amide bonds. The standard InChI is InChI=1S/C22H24ClN3O4S/c1-15-3-4-16(2)20(13-15)31(29,30)25-11-9-24(10-12-25)19-14-21(27)26(22(19)28)18-7-5-17(23)6-8-18/h3-8,13,19H,9-12,14H2,1-2H3. The highest BCUT2D eigenvalue weighted by Gasteiger charge is 2.44. The zero-order chi connectivity index (χ0) is 22.3. The Morgan fingerprint density at radius 3 is 2.23 bits per heavy atom. The number of halogens is 1. The Kier molecular flexibility index (Phi) is 5.91. The van der Waals surface area contributed by atoms with Crippen LogP contribution < -0.4 is 4.90 Å². The van der Waals surface area contributed by atoms with Crippen molar-refractivity contribution in [3.63, 3.8) is 0 Å². The topological polar surface area (TPSA) is 78.0 Å². The van der Waals surface area contributed by atoms with Crippen molar-refractivity contribution in [3.8, 4) is 0 Å². The minimum absolute atomic E-state index is 0.0885. The van der Waals surface area contributed by atoms with Crippen LogP contribution in [0.3, 0.4) is 0 Å². The summed E-state index contributed by atoms with van der Waals surface area (Å²) in [6, 6.07) is 11.4. The molecule has 4 rings (SSSR count). The Morgan fingerprint density at radius 2 is 1.58 bits per heavy atom. The van der Waals surface area contributed by atoms with Gasteiger partial charge >= 0.3 is 0 Å². The molecule has 2 heterocycles.